The van der Waals surface area contributed by atoms with Crippen LogP contribution >= 0.6 is 11.6 Å². The molecule has 0 saturated heterocycles. The van der Waals surface area contributed by atoms with Crippen LogP contribution in [-0.2, 0) is 5.88 Å². The van der Waals surface area contributed by atoms with Gasteiger partial charge in [-0.25, -0.2) is 9.37 Å². The molecule has 0 amide bonds. The van der Waals surface area contributed by atoms with Gasteiger partial charge in [-0.05, 0) is 48.9 Å². The summed E-state index contributed by atoms with van der Waals surface area (Å²) < 4.78 is 20.7. The third-order valence-electron chi connectivity index (χ3n) is 3.42. The van der Waals surface area contributed by atoms with Crippen molar-refractivity contribution < 1.29 is 9.13 Å². The van der Waals surface area contributed by atoms with E-state index in [1.807, 2.05) is 31.2 Å². The Kier molecular flexibility index (Phi) is 4.35. The Balaban J connectivity index is 1.98. The monoisotopic (exact) mass is 330 g/mol. The van der Waals surface area contributed by atoms with E-state index < -0.39 is 0 Å². The molecular weight excluding hydrogens is 315 g/mol. The Labute approximate surface area is 139 Å². The minimum absolute atomic E-state index is 0.244. The molecule has 118 valence electrons. The molecular formula is C18H16ClFN2O. The highest BCUT2D eigenvalue weighted by Gasteiger charge is 2.13. The zero-order valence-corrected chi connectivity index (χ0v) is 13.5. The maximum Gasteiger partial charge on any atom is 0.139 e. The van der Waals surface area contributed by atoms with Crippen LogP contribution in [0.2, 0.25) is 0 Å². The van der Waals surface area contributed by atoms with Gasteiger partial charge in [0.05, 0.1) is 17.3 Å². The fourth-order valence-electron chi connectivity index (χ4n) is 2.34. The number of fused-ring (bicyclic) bond motifs is 1. The third-order valence-corrected chi connectivity index (χ3v) is 3.67. The number of rotatable bonds is 5. The number of nitrogens with zero attached hydrogens (tertiary/aromatic N) is 2. The van der Waals surface area contributed by atoms with Gasteiger partial charge in [0.25, 0.3) is 0 Å². The predicted molar refractivity (Wildman–Crippen MR) is 90.5 cm³/mol. The molecule has 0 atom stereocenters. The summed E-state index contributed by atoms with van der Waals surface area (Å²) in [6.45, 7) is 6.21. The van der Waals surface area contributed by atoms with E-state index in [4.69, 9.17) is 16.3 Å². The molecule has 1 aromatic carbocycles. The minimum Gasteiger partial charge on any atom is -0.489 e. The molecule has 0 fully saturated rings. The number of aromatic nitrogens is 2. The zero-order valence-electron chi connectivity index (χ0n) is 12.7. The first-order chi connectivity index (χ1) is 11.1. The summed E-state index contributed by atoms with van der Waals surface area (Å²) in [7, 11) is 0. The van der Waals surface area contributed by atoms with E-state index in [1.54, 1.807) is 10.5 Å². The average Bonchev–Trinajstić information content (AvgIpc) is 2.91. The number of imidazole rings is 1. The molecule has 0 bridgehead atoms. The second-order valence-electron chi connectivity index (χ2n) is 5.39. The Morgan fingerprint density at radius 3 is 2.65 bits per heavy atom. The summed E-state index contributed by atoms with van der Waals surface area (Å²) in [6, 6.07) is 10.6. The lowest BCUT2D eigenvalue weighted by molar-refractivity contribution is 0.353. The van der Waals surface area contributed by atoms with Crippen molar-refractivity contribution in [1.29, 1.82) is 0 Å². The van der Waals surface area contributed by atoms with E-state index in [0.29, 0.717) is 12.3 Å². The molecule has 0 spiro atoms. The molecule has 3 aromatic rings. The average molecular weight is 331 g/mol. The molecule has 2 heterocycles. The Hall–Kier alpha value is -2.33. The number of hydrogen-bond acceptors (Lipinski definition) is 2. The van der Waals surface area contributed by atoms with Crippen LogP contribution in [0.5, 0.6) is 5.75 Å². The van der Waals surface area contributed by atoms with Gasteiger partial charge in [0.15, 0.2) is 0 Å². The van der Waals surface area contributed by atoms with Gasteiger partial charge >= 0.3 is 0 Å². The van der Waals surface area contributed by atoms with Gasteiger partial charge in [0.2, 0.25) is 0 Å². The zero-order chi connectivity index (χ0) is 16.4. The van der Waals surface area contributed by atoms with E-state index in [1.165, 1.54) is 12.3 Å². The molecule has 5 heteroatoms. The Morgan fingerprint density at radius 1 is 1.26 bits per heavy atom. The first-order valence-electron chi connectivity index (χ1n) is 7.18. The topological polar surface area (TPSA) is 26.5 Å². The largest absolute Gasteiger partial charge is 0.489 e. The van der Waals surface area contributed by atoms with E-state index in [-0.39, 0.29) is 11.7 Å². The first-order valence-corrected chi connectivity index (χ1v) is 7.72. The molecule has 0 unspecified atom stereocenters. The van der Waals surface area contributed by atoms with Crippen molar-refractivity contribution >= 4 is 17.2 Å². The number of hydrogen-bond donors (Lipinski definition) is 0. The van der Waals surface area contributed by atoms with Crippen molar-refractivity contribution in [2.45, 2.75) is 12.8 Å². The number of halogens is 2. The van der Waals surface area contributed by atoms with Crippen LogP contribution in [0.15, 0.2) is 54.7 Å². The molecule has 3 nitrogen and oxygen atoms in total. The molecule has 23 heavy (non-hydrogen) atoms. The van der Waals surface area contributed by atoms with Gasteiger partial charge in [-0.3, -0.25) is 4.40 Å². The Morgan fingerprint density at radius 2 is 2.00 bits per heavy atom. The SMILES string of the molecule is C=C(C)COc1ccc(-c2nc3ccc(F)cn3c2CCl)cc1. The lowest BCUT2D eigenvalue weighted by Gasteiger charge is -2.07. The van der Waals surface area contributed by atoms with Crippen molar-refractivity contribution in [3.63, 3.8) is 0 Å². The maximum atomic E-state index is 13.5. The van der Waals surface area contributed by atoms with Crippen LogP contribution in [0.3, 0.4) is 0 Å². The van der Waals surface area contributed by atoms with Crippen LogP contribution < -0.4 is 4.74 Å². The van der Waals surface area contributed by atoms with Crippen molar-refractivity contribution in [1.82, 2.24) is 9.38 Å². The lowest BCUT2D eigenvalue weighted by Crippen LogP contribution is -1.97. The van der Waals surface area contributed by atoms with Gasteiger partial charge in [-0.1, -0.05) is 6.58 Å². The first kappa shape index (κ1) is 15.6. The number of pyridine rings is 1. The number of benzene rings is 1. The van der Waals surface area contributed by atoms with Gasteiger partial charge < -0.3 is 4.74 Å². The fraction of sp³-hybridized carbons (Fsp3) is 0.167. The summed E-state index contributed by atoms with van der Waals surface area (Å²) in [5.41, 5.74) is 4.04. The second-order valence-corrected chi connectivity index (χ2v) is 5.65. The van der Waals surface area contributed by atoms with Crippen molar-refractivity contribution in [3.05, 3.63) is 66.3 Å². The number of alkyl halides is 1. The summed E-state index contributed by atoms with van der Waals surface area (Å²) >= 11 is 6.05. The predicted octanol–water partition coefficient (Wildman–Crippen LogP) is 4.83. The summed E-state index contributed by atoms with van der Waals surface area (Å²) in [4.78, 5) is 4.56. The molecule has 3 rings (SSSR count). The van der Waals surface area contributed by atoms with Crippen LogP contribution in [0.25, 0.3) is 16.9 Å². The van der Waals surface area contributed by atoms with E-state index in [0.717, 1.165) is 28.3 Å². The summed E-state index contributed by atoms with van der Waals surface area (Å²) in [6.07, 6.45) is 1.40. The molecule has 0 N–H and O–H groups in total. The minimum atomic E-state index is -0.323. The maximum absolute atomic E-state index is 13.5. The highest BCUT2D eigenvalue weighted by Crippen LogP contribution is 2.27. The smallest absolute Gasteiger partial charge is 0.139 e. The van der Waals surface area contributed by atoms with Crippen LogP contribution in [0, 0.1) is 5.82 Å². The van der Waals surface area contributed by atoms with Gasteiger partial charge in [0.1, 0.15) is 23.8 Å². The van der Waals surface area contributed by atoms with Crippen molar-refractivity contribution in [2.24, 2.45) is 0 Å². The normalized spacial score (nSPS) is 10.9. The van der Waals surface area contributed by atoms with Gasteiger partial charge in [-0.15, -0.1) is 11.6 Å². The third kappa shape index (κ3) is 3.22. The second kappa shape index (κ2) is 6.42. The number of ether oxygens (including phenoxy) is 1. The van der Waals surface area contributed by atoms with Gasteiger partial charge in [0, 0.05) is 11.8 Å². The molecule has 0 radical (unpaired) electrons. The summed E-state index contributed by atoms with van der Waals surface area (Å²) in [5.74, 6) is 0.684. The molecule has 0 aliphatic rings. The standard InChI is InChI=1S/C18H16ClFN2O/c1-12(2)11-23-15-6-3-13(4-7-15)18-16(9-19)22-10-14(20)5-8-17(22)21-18/h3-8,10H,1,9,11H2,2H3. The quantitative estimate of drug-likeness (QED) is 0.494. The van der Waals surface area contributed by atoms with E-state index in [2.05, 4.69) is 11.6 Å². The molecule has 2 aromatic heterocycles. The highest BCUT2D eigenvalue weighted by molar-refractivity contribution is 6.17. The molecule has 0 aliphatic heterocycles. The Bertz CT molecular complexity index is 855. The van der Waals surface area contributed by atoms with Crippen LogP contribution in [0.1, 0.15) is 12.6 Å². The van der Waals surface area contributed by atoms with Crippen molar-refractivity contribution in [2.75, 3.05) is 6.61 Å². The highest BCUT2D eigenvalue weighted by atomic mass is 35.5. The molecule has 0 saturated carbocycles. The lowest BCUT2D eigenvalue weighted by atomic mass is 10.1. The van der Waals surface area contributed by atoms with Crippen LogP contribution in [0.4, 0.5) is 4.39 Å². The summed E-state index contributed by atoms with van der Waals surface area (Å²) in [5, 5.41) is 0. The molecule has 0 aliphatic carbocycles. The van der Waals surface area contributed by atoms with Crippen LogP contribution in [-0.4, -0.2) is 16.0 Å². The van der Waals surface area contributed by atoms with E-state index in [9.17, 15) is 4.39 Å². The van der Waals surface area contributed by atoms with E-state index >= 15 is 0 Å². The van der Waals surface area contributed by atoms with Gasteiger partial charge in [-0.2, -0.15) is 0 Å². The fourth-order valence-corrected chi connectivity index (χ4v) is 2.60. The van der Waals surface area contributed by atoms with Crippen molar-refractivity contribution in [3.8, 4) is 17.0 Å².